The van der Waals surface area contributed by atoms with Gasteiger partial charge in [-0.05, 0) is 35.9 Å². The first-order valence-corrected chi connectivity index (χ1v) is 7.09. The normalized spacial score (nSPS) is 10.4. The highest BCUT2D eigenvalue weighted by atomic mass is 79.9. The van der Waals surface area contributed by atoms with Crippen molar-refractivity contribution in [3.8, 4) is 0 Å². The van der Waals surface area contributed by atoms with E-state index in [0.717, 1.165) is 10.0 Å². The maximum absolute atomic E-state index is 12.8. The molecule has 20 heavy (non-hydrogen) atoms. The van der Waals surface area contributed by atoms with Gasteiger partial charge in [-0.25, -0.2) is 4.39 Å². The molecule has 2 aromatic carbocycles. The van der Waals surface area contributed by atoms with E-state index in [1.807, 2.05) is 0 Å². The van der Waals surface area contributed by atoms with Crippen LogP contribution in [0.25, 0.3) is 0 Å². The summed E-state index contributed by atoms with van der Waals surface area (Å²) in [4.78, 5) is 13.9. The molecule has 0 bridgehead atoms. The molecule has 2 nitrogen and oxygen atoms in total. The average molecular weight is 357 g/mol. The minimum absolute atomic E-state index is 0.141. The Hall–Kier alpha value is -1.39. The summed E-state index contributed by atoms with van der Waals surface area (Å²) in [6, 6.07) is 11.1. The van der Waals surface area contributed by atoms with Crippen LogP contribution in [-0.4, -0.2) is 17.9 Å². The van der Waals surface area contributed by atoms with Crippen molar-refractivity contribution in [3.63, 3.8) is 0 Å². The number of hydrogen-bond acceptors (Lipinski definition) is 1. The molecule has 1 amide bonds. The van der Waals surface area contributed by atoms with Crippen LogP contribution < -0.4 is 0 Å². The van der Waals surface area contributed by atoms with E-state index in [4.69, 9.17) is 11.6 Å². The maximum Gasteiger partial charge on any atom is 0.253 e. The molecule has 0 radical (unpaired) electrons. The quantitative estimate of drug-likeness (QED) is 0.792. The van der Waals surface area contributed by atoms with Gasteiger partial charge in [0.2, 0.25) is 0 Å². The van der Waals surface area contributed by atoms with Crippen LogP contribution in [0.15, 0.2) is 46.9 Å². The van der Waals surface area contributed by atoms with E-state index in [1.54, 1.807) is 42.3 Å². The Kier molecular flexibility index (Phi) is 4.78. The third kappa shape index (κ3) is 3.81. The van der Waals surface area contributed by atoms with E-state index in [1.165, 1.54) is 12.1 Å². The number of carbonyl (C=O) groups is 1. The van der Waals surface area contributed by atoms with Gasteiger partial charge < -0.3 is 4.90 Å². The van der Waals surface area contributed by atoms with Gasteiger partial charge in [-0.2, -0.15) is 0 Å². The summed E-state index contributed by atoms with van der Waals surface area (Å²) >= 11 is 9.24. The van der Waals surface area contributed by atoms with E-state index < -0.39 is 0 Å². The Labute approximate surface area is 130 Å². The fourth-order valence-electron chi connectivity index (χ4n) is 1.83. The van der Waals surface area contributed by atoms with Gasteiger partial charge in [-0.3, -0.25) is 4.79 Å². The molecular formula is C15H12BrClFNO. The Morgan fingerprint density at radius 1 is 1.25 bits per heavy atom. The number of halogens is 3. The van der Waals surface area contributed by atoms with Crippen molar-refractivity contribution in [1.29, 1.82) is 0 Å². The highest BCUT2D eigenvalue weighted by molar-refractivity contribution is 9.10. The molecule has 0 saturated carbocycles. The first kappa shape index (κ1) is 15.0. The van der Waals surface area contributed by atoms with Crippen LogP contribution in [0.1, 0.15) is 15.9 Å². The third-order valence-electron chi connectivity index (χ3n) is 2.79. The summed E-state index contributed by atoms with van der Waals surface area (Å²) in [7, 11) is 1.69. The second-order valence-corrected chi connectivity index (χ2v) is 5.80. The number of benzene rings is 2. The highest BCUT2D eigenvalue weighted by Crippen LogP contribution is 2.21. The zero-order valence-corrected chi connectivity index (χ0v) is 13.1. The molecule has 0 fully saturated rings. The third-order valence-corrected chi connectivity index (χ3v) is 3.47. The van der Waals surface area contributed by atoms with Gasteiger partial charge >= 0.3 is 0 Å². The van der Waals surface area contributed by atoms with E-state index in [0.29, 0.717) is 17.1 Å². The lowest BCUT2D eigenvalue weighted by molar-refractivity contribution is 0.0785. The summed E-state index contributed by atoms with van der Waals surface area (Å²) < 4.78 is 13.6. The molecule has 104 valence electrons. The van der Waals surface area contributed by atoms with Crippen molar-refractivity contribution in [3.05, 3.63) is 68.9 Å². The summed E-state index contributed by atoms with van der Waals surface area (Å²) in [6.45, 7) is 0.406. The molecule has 0 saturated heterocycles. The van der Waals surface area contributed by atoms with Crippen LogP contribution in [0.3, 0.4) is 0 Å². The summed E-state index contributed by atoms with van der Waals surface area (Å²) in [5.74, 6) is -0.431. The average Bonchev–Trinajstić information content (AvgIpc) is 2.39. The Balaban J connectivity index is 2.14. The van der Waals surface area contributed by atoms with E-state index >= 15 is 0 Å². The van der Waals surface area contributed by atoms with Gasteiger partial charge in [0.1, 0.15) is 5.82 Å². The fourth-order valence-corrected chi connectivity index (χ4v) is 2.69. The molecule has 0 aliphatic heterocycles. The second-order valence-electron chi connectivity index (χ2n) is 4.45. The van der Waals surface area contributed by atoms with Crippen LogP contribution >= 0.6 is 27.5 Å². The van der Waals surface area contributed by atoms with Crippen LogP contribution in [0.5, 0.6) is 0 Å². The largest absolute Gasteiger partial charge is 0.337 e. The van der Waals surface area contributed by atoms with Crippen LogP contribution in [-0.2, 0) is 6.54 Å². The minimum Gasteiger partial charge on any atom is -0.337 e. The predicted octanol–water partition coefficient (Wildman–Crippen LogP) is 4.51. The standard InChI is InChI=1S/C15H12BrClFNO/c1-19(9-10-2-4-14(18)5-3-10)15(20)11-6-12(16)8-13(17)7-11/h2-8H,9H2,1H3. The Morgan fingerprint density at radius 2 is 1.90 bits per heavy atom. The summed E-state index contributed by atoms with van der Waals surface area (Å²) in [5.41, 5.74) is 1.37. The Morgan fingerprint density at radius 3 is 2.50 bits per heavy atom. The first-order valence-electron chi connectivity index (χ1n) is 5.92. The monoisotopic (exact) mass is 355 g/mol. The lowest BCUT2D eigenvalue weighted by Crippen LogP contribution is -2.26. The second kappa shape index (κ2) is 6.37. The predicted molar refractivity (Wildman–Crippen MR) is 81.3 cm³/mol. The van der Waals surface area contributed by atoms with Gasteiger partial charge in [0.15, 0.2) is 0 Å². The molecular weight excluding hydrogens is 345 g/mol. The van der Waals surface area contributed by atoms with Crippen molar-refractivity contribution in [1.82, 2.24) is 4.90 Å². The van der Waals surface area contributed by atoms with Gasteiger partial charge in [-0.15, -0.1) is 0 Å². The van der Waals surface area contributed by atoms with Crippen LogP contribution in [0.2, 0.25) is 5.02 Å². The van der Waals surface area contributed by atoms with Gasteiger partial charge in [0.05, 0.1) is 0 Å². The lowest BCUT2D eigenvalue weighted by Gasteiger charge is -2.17. The van der Waals surface area contributed by atoms with Gasteiger partial charge in [-0.1, -0.05) is 39.7 Å². The number of nitrogens with zero attached hydrogens (tertiary/aromatic N) is 1. The number of carbonyl (C=O) groups excluding carboxylic acids is 1. The van der Waals surface area contributed by atoms with Crippen LogP contribution in [0.4, 0.5) is 4.39 Å². The zero-order chi connectivity index (χ0) is 14.7. The summed E-state index contributed by atoms with van der Waals surface area (Å²) in [6.07, 6.45) is 0. The molecule has 0 aliphatic rings. The van der Waals surface area contributed by atoms with Crippen molar-refractivity contribution in [2.75, 3.05) is 7.05 Å². The van der Waals surface area contributed by atoms with Crippen molar-refractivity contribution in [2.24, 2.45) is 0 Å². The van der Waals surface area contributed by atoms with Gasteiger partial charge in [0.25, 0.3) is 5.91 Å². The number of rotatable bonds is 3. The van der Waals surface area contributed by atoms with E-state index in [-0.39, 0.29) is 11.7 Å². The molecule has 0 unspecified atom stereocenters. The Bertz CT molecular complexity index is 610. The molecule has 0 heterocycles. The smallest absolute Gasteiger partial charge is 0.253 e. The van der Waals surface area contributed by atoms with E-state index in [2.05, 4.69) is 15.9 Å². The topological polar surface area (TPSA) is 20.3 Å². The first-order chi connectivity index (χ1) is 9.45. The van der Waals surface area contributed by atoms with Crippen molar-refractivity contribution in [2.45, 2.75) is 6.54 Å². The molecule has 0 aromatic heterocycles. The fraction of sp³-hybridized carbons (Fsp3) is 0.133. The molecule has 0 aliphatic carbocycles. The number of hydrogen-bond donors (Lipinski definition) is 0. The zero-order valence-electron chi connectivity index (χ0n) is 10.7. The molecule has 2 aromatic rings. The van der Waals surface area contributed by atoms with Crippen LogP contribution in [0, 0.1) is 5.82 Å². The summed E-state index contributed by atoms with van der Waals surface area (Å²) in [5, 5.41) is 0.498. The maximum atomic E-state index is 12.8. The lowest BCUT2D eigenvalue weighted by atomic mass is 10.1. The minimum atomic E-state index is -0.290. The molecule has 5 heteroatoms. The molecule has 0 spiro atoms. The molecule has 0 atom stereocenters. The van der Waals surface area contributed by atoms with Gasteiger partial charge in [0, 0.05) is 28.7 Å². The SMILES string of the molecule is CN(Cc1ccc(F)cc1)C(=O)c1cc(Cl)cc(Br)c1. The number of amides is 1. The van der Waals surface area contributed by atoms with Crippen molar-refractivity contribution >= 4 is 33.4 Å². The highest BCUT2D eigenvalue weighted by Gasteiger charge is 2.13. The molecule has 2 rings (SSSR count). The van der Waals surface area contributed by atoms with E-state index in [9.17, 15) is 9.18 Å². The van der Waals surface area contributed by atoms with Crippen molar-refractivity contribution < 1.29 is 9.18 Å². The molecule has 0 N–H and O–H groups in total.